The third-order valence-corrected chi connectivity index (χ3v) is 5.46. The first kappa shape index (κ1) is 15.7. The average molecular weight is 329 g/mol. The second-order valence-electron chi connectivity index (χ2n) is 5.63. The minimum atomic E-state index is -3.49. The van der Waals surface area contributed by atoms with Crippen molar-refractivity contribution >= 4 is 21.1 Å². The van der Waals surface area contributed by atoms with Crippen molar-refractivity contribution in [3.63, 3.8) is 0 Å². The van der Waals surface area contributed by atoms with Gasteiger partial charge in [-0.1, -0.05) is 17.7 Å². The van der Waals surface area contributed by atoms with Gasteiger partial charge in [-0.2, -0.15) is 0 Å². The summed E-state index contributed by atoms with van der Waals surface area (Å²) in [5, 5.41) is 1.03. The molecule has 120 valence electrons. The van der Waals surface area contributed by atoms with Crippen LogP contribution < -0.4 is 4.72 Å². The maximum absolute atomic E-state index is 12.4. The Morgan fingerprint density at radius 1 is 1.22 bits per heavy atom. The summed E-state index contributed by atoms with van der Waals surface area (Å²) in [5.41, 5.74) is 3.68. The van der Waals surface area contributed by atoms with Crippen molar-refractivity contribution in [1.29, 1.82) is 0 Å². The fraction of sp³-hybridized carbons (Fsp3) is 0.235. The number of hydrogen-bond donors (Lipinski definition) is 2. The van der Waals surface area contributed by atoms with Crippen LogP contribution in [0.3, 0.4) is 0 Å². The van der Waals surface area contributed by atoms with Gasteiger partial charge in [0.05, 0.1) is 4.90 Å². The van der Waals surface area contributed by atoms with Gasteiger partial charge in [0.25, 0.3) is 0 Å². The summed E-state index contributed by atoms with van der Waals surface area (Å²) in [5.74, 6) is 0. The molecule has 0 bridgehead atoms. The summed E-state index contributed by atoms with van der Waals surface area (Å²) in [6, 6.07) is 9.20. The molecule has 0 amide bonds. The Kier molecular flexibility index (Phi) is 4.19. The molecule has 3 rings (SSSR count). The van der Waals surface area contributed by atoms with Crippen LogP contribution in [0.2, 0.25) is 0 Å². The predicted molar refractivity (Wildman–Crippen MR) is 90.9 cm³/mol. The Balaban J connectivity index is 1.72. The van der Waals surface area contributed by atoms with Crippen LogP contribution >= 0.6 is 0 Å². The summed E-state index contributed by atoms with van der Waals surface area (Å²) < 4.78 is 27.5. The molecular weight excluding hydrogens is 310 g/mol. The van der Waals surface area contributed by atoms with E-state index in [2.05, 4.69) is 14.7 Å². The Morgan fingerprint density at radius 2 is 2.04 bits per heavy atom. The van der Waals surface area contributed by atoms with Crippen LogP contribution in [0, 0.1) is 13.8 Å². The topological polar surface area (TPSA) is 74.8 Å². The van der Waals surface area contributed by atoms with Gasteiger partial charge >= 0.3 is 0 Å². The highest BCUT2D eigenvalue weighted by molar-refractivity contribution is 7.89. The van der Waals surface area contributed by atoms with Gasteiger partial charge in [-0.15, -0.1) is 0 Å². The molecule has 0 aliphatic carbocycles. The molecule has 2 aromatic heterocycles. The first-order valence-corrected chi connectivity index (χ1v) is 8.93. The van der Waals surface area contributed by atoms with Gasteiger partial charge in [-0.05, 0) is 49.6 Å². The number of fused-ring (bicyclic) bond motifs is 1. The molecule has 0 aliphatic heterocycles. The number of aromatic nitrogens is 2. The molecule has 0 atom stereocenters. The number of benzene rings is 1. The van der Waals surface area contributed by atoms with E-state index in [-0.39, 0.29) is 0 Å². The Hall–Kier alpha value is -2.18. The van der Waals surface area contributed by atoms with Crippen LogP contribution in [0.5, 0.6) is 0 Å². The van der Waals surface area contributed by atoms with Crippen LogP contribution in [-0.4, -0.2) is 24.9 Å². The molecule has 23 heavy (non-hydrogen) atoms. The fourth-order valence-corrected chi connectivity index (χ4v) is 3.97. The third-order valence-electron chi connectivity index (χ3n) is 3.84. The van der Waals surface area contributed by atoms with Crippen molar-refractivity contribution in [1.82, 2.24) is 14.7 Å². The second-order valence-corrected chi connectivity index (χ2v) is 7.37. The van der Waals surface area contributed by atoms with Gasteiger partial charge in [0.2, 0.25) is 10.0 Å². The standard InChI is InChI=1S/C17H19N3O2S/c1-12-5-6-16(13(2)10-12)23(21,22)20-9-7-14-11-19-17-15(14)4-3-8-18-17/h3-6,8,10-11,20H,7,9H2,1-2H3,(H,18,19). The lowest BCUT2D eigenvalue weighted by atomic mass is 10.2. The van der Waals surface area contributed by atoms with Crippen LogP contribution in [0.15, 0.2) is 47.6 Å². The molecule has 2 heterocycles. The Bertz CT molecular complexity index is 945. The van der Waals surface area contributed by atoms with Crippen LogP contribution in [-0.2, 0) is 16.4 Å². The minimum absolute atomic E-state index is 0.337. The monoisotopic (exact) mass is 329 g/mol. The molecule has 0 unspecified atom stereocenters. The van der Waals surface area contributed by atoms with E-state index in [1.54, 1.807) is 12.3 Å². The lowest BCUT2D eigenvalue weighted by molar-refractivity contribution is 0.581. The van der Waals surface area contributed by atoms with Gasteiger partial charge in [0.1, 0.15) is 5.65 Å². The highest BCUT2D eigenvalue weighted by Gasteiger charge is 2.16. The predicted octanol–water partition coefficient (Wildman–Crippen LogP) is 2.70. The molecule has 0 saturated heterocycles. The quantitative estimate of drug-likeness (QED) is 0.756. The molecule has 0 radical (unpaired) electrons. The zero-order valence-electron chi connectivity index (χ0n) is 13.1. The van der Waals surface area contributed by atoms with E-state index in [0.717, 1.165) is 27.7 Å². The Labute approximate surface area is 135 Å². The molecule has 0 aliphatic rings. The number of H-pyrrole nitrogens is 1. The number of sulfonamides is 1. The van der Waals surface area contributed by atoms with Crippen molar-refractivity contribution in [2.45, 2.75) is 25.2 Å². The van der Waals surface area contributed by atoms with Crippen molar-refractivity contribution in [3.05, 3.63) is 59.4 Å². The number of aryl methyl sites for hydroxylation is 2. The molecule has 0 fully saturated rings. The van der Waals surface area contributed by atoms with E-state index in [1.165, 1.54) is 0 Å². The Morgan fingerprint density at radius 3 is 2.83 bits per heavy atom. The number of pyridine rings is 1. The normalized spacial score (nSPS) is 11.9. The van der Waals surface area contributed by atoms with Gasteiger partial charge in [0, 0.05) is 24.3 Å². The summed E-state index contributed by atoms with van der Waals surface area (Å²) >= 11 is 0. The van der Waals surface area contributed by atoms with E-state index in [0.29, 0.717) is 17.9 Å². The smallest absolute Gasteiger partial charge is 0.240 e. The van der Waals surface area contributed by atoms with Crippen molar-refractivity contribution < 1.29 is 8.42 Å². The molecule has 0 saturated carbocycles. The van der Waals surface area contributed by atoms with Gasteiger partial charge in [-0.3, -0.25) is 0 Å². The minimum Gasteiger partial charge on any atom is -0.346 e. The largest absolute Gasteiger partial charge is 0.346 e. The number of hydrogen-bond acceptors (Lipinski definition) is 3. The zero-order chi connectivity index (χ0) is 16.4. The first-order chi connectivity index (χ1) is 11.0. The molecule has 5 nitrogen and oxygen atoms in total. The number of nitrogens with zero attached hydrogens (tertiary/aromatic N) is 1. The van der Waals surface area contributed by atoms with Crippen LogP contribution in [0.25, 0.3) is 11.0 Å². The van der Waals surface area contributed by atoms with E-state index in [1.807, 2.05) is 44.3 Å². The molecule has 0 spiro atoms. The second kappa shape index (κ2) is 6.14. The van der Waals surface area contributed by atoms with E-state index < -0.39 is 10.0 Å². The van der Waals surface area contributed by atoms with Gasteiger partial charge in [-0.25, -0.2) is 18.1 Å². The van der Waals surface area contributed by atoms with Crippen LogP contribution in [0.1, 0.15) is 16.7 Å². The SMILES string of the molecule is Cc1ccc(S(=O)(=O)NCCc2c[nH]c3ncccc23)c(C)c1. The summed E-state index contributed by atoms with van der Waals surface area (Å²) in [6.45, 7) is 4.10. The molecular formula is C17H19N3O2S. The first-order valence-electron chi connectivity index (χ1n) is 7.45. The van der Waals surface area contributed by atoms with Crippen molar-refractivity contribution in [2.24, 2.45) is 0 Å². The lowest BCUT2D eigenvalue weighted by Crippen LogP contribution is -2.26. The maximum atomic E-state index is 12.4. The van der Waals surface area contributed by atoms with Gasteiger partial charge in [0.15, 0.2) is 0 Å². The molecule has 3 aromatic rings. The number of rotatable bonds is 5. The fourth-order valence-electron chi connectivity index (χ4n) is 2.72. The van der Waals surface area contributed by atoms with Crippen molar-refractivity contribution in [2.75, 3.05) is 6.54 Å². The number of nitrogens with one attached hydrogen (secondary N) is 2. The van der Waals surface area contributed by atoms with E-state index in [9.17, 15) is 8.42 Å². The lowest BCUT2D eigenvalue weighted by Gasteiger charge is -2.09. The maximum Gasteiger partial charge on any atom is 0.240 e. The molecule has 2 N–H and O–H groups in total. The van der Waals surface area contributed by atoms with E-state index in [4.69, 9.17) is 0 Å². The summed E-state index contributed by atoms with van der Waals surface area (Å²) in [4.78, 5) is 7.66. The summed E-state index contributed by atoms with van der Waals surface area (Å²) in [7, 11) is -3.49. The highest BCUT2D eigenvalue weighted by atomic mass is 32.2. The molecule has 6 heteroatoms. The number of aromatic amines is 1. The van der Waals surface area contributed by atoms with Crippen LogP contribution in [0.4, 0.5) is 0 Å². The summed E-state index contributed by atoms with van der Waals surface area (Å²) in [6.07, 6.45) is 4.21. The zero-order valence-corrected chi connectivity index (χ0v) is 13.9. The molecule has 1 aromatic carbocycles. The highest BCUT2D eigenvalue weighted by Crippen LogP contribution is 2.18. The van der Waals surface area contributed by atoms with E-state index >= 15 is 0 Å². The van der Waals surface area contributed by atoms with Crippen molar-refractivity contribution in [3.8, 4) is 0 Å². The van der Waals surface area contributed by atoms with Gasteiger partial charge < -0.3 is 4.98 Å². The third kappa shape index (κ3) is 3.28. The average Bonchev–Trinajstić information content (AvgIpc) is 2.90.